The van der Waals surface area contributed by atoms with E-state index in [4.69, 9.17) is 0 Å². The van der Waals surface area contributed by atoms with Crippen molar-refractivity contribution in [3.05, 3.63) is 71.4 Å². The zero-order chi connectivity index (χ0) is 20.4. The highest BCUT2D eigenvalue weighted by atomic mass is 16.2. The molecule has 0 aliphatic carbocycles. The SMILES string of the molecule is CC(C)Cc1ccc(C(=O)N2CCN(C(=O)c3cc4ccccc4[nH]3)CC2)cc1. The van der Waals surface area contributed by atoms with Crippen LogP contribution in [-0.2, 0) is 6.42 Å². The Kier molecular flexibility index (Phi) is 5.38. The van der Waals surface area contributed by atoms with Gasteiger partial charge in [0.1, 0.15) is 5.69 Å². The zero-order valence-electron chi connectivity index (χ0n) is 17.0. The second-order valence-electron chi connectivity index (χ2n) is 8.15. The van der Waals surface area contributed by atoms with Crippen LogP contribution in [0.15, 0.2) is 54.6 Å². The van der Waals surface area contributed by atoms with Gasteiger partial charge in [-0.3, -0.25) is 9.59 Å². The number of hydrogen-bond donors (Lipinski definition) is 1. The van der Waals surface area contributed by atoms with Gasteiger partial charge in [-0.15, -0.1) is 0 Å². The van der Waals surface area contributed by atoms with Gasteiger partial charge >= 0.3 is 0 Å². The van der Waals surface area contributed by atoms with Crippen LogP contribution in [0, 0.1) is 5.92 Å². The molecule has 0 radical (unpaired) electrons. The third-order valence-electron chi connectivity index (χ3n) is 5.46. The smallest absolute Gasteiger partial charge is 0.270 e. The van der Waals surface area contributed by atoms with Gasteiger partial charge in [0.05, 0.1) is 0 Å². The molecule has 2 heterocycles. The second-order valence-corrected chi connectivity index (χ2v) is 8.15. The summed E-state index contributed by atoms with van der Waals surface area (Å²) in [7, 11) is 0. The molecule has 3 aromatic rings. The molecule has 29 heavy (non-hydrogen) atoms. The highest BCUT2D eigenvalue weighted by Crippen LogP contribution is 2.18. The average molecular weight is 389 g/mol. The first-order chi connectivity index (χ1) is 14.0. The number of H-pyrrole nitrogens is 1. The van der Waals surface area contributed by atoms with E-state index in [9.17, 15) is 9.59 Å². The Labute approximate surface area is 171 Å². The molecule has 0 bridgehead atoms. The van der Waals surface area contributed by atoms with E-state index < -0.39 is 0 Å². The topological polar surface area (TPSA) is 56.4 Å². The highest BCUT2D eigenvalue weighted by Gasteiger charge is 2.26. The molecular formula is C24H27N3O2. The van der Waals surface area contributed by atoms with Crippen molar-refractivity contribution in [3.63, 3.8) is 0 Å². The fourth-order valence-corrected chi connectivity index (χ4v) is 3.91. The van der Waals surface area contributed by atoms with E-state index in [0.717, 1.165) is 17.3 Å². The predicted molar refractivity (Wildman–Crippen MR) is 115 cm³/mol. The molecule has 5 nitrogen and oxygen atoms in total. The van der Waals surface area contributed by atoms with Crippen molar-refractivity contribution in [2.24, 2.45) is 5.92 Å². The predicted octanol–water partition coefficient (Wildman–Crippen LogP) is 3.96. The van der Waals surface area contributed by atoms with Gasteiger partial charge in [-0.1, -0.05) is 44.2 Å². The molecule has 0 atom stereocenters. The molecule has 1 aromatic heterocycles. The first-order valence-corrected chi connectivity index (χ1v) is 10.3. The minimum absolute atomic E-state index is 0.00802. The number of para-hydroxylation sites is 1. The zero-order valence-corrected chi connectivity index (χ0v) is 17.0. The molecule has 1 aliphatic heterocycles. The second kappa shape index (κ2) is 8.11. The number of aromatic amines is 1. The number of benzene rings is 2. The monoisotopic (exact) mass is 389 g/mol. The van der Waals surface area contributed by atoms with Gasteiger partial charge in [-0.2, -0.15) is 0 Å². The van der Waals surface area contributed by atoms with Crippen molar-refractivity contribution in [1.82, 2.24) is 14.8 Å². The van der Waals surface area contributed by atoms with Crippen LogP contribution in [0.5, 0.6) is 0 Å². The Hall–Kier alpha value is -3.08. The summed E-state index contributed by atoms with van der Waals surface area (Å²) in [4.78, 5) is 32.5. The Morgan fingerprint density at radius 2 is 1.52 bits per heavy atom. The largest absolute Gasteiger partial charge is 0.351 e. The number of fused-ring (bicyclic) bond motifs is 1. The molecule has 2 aromatic carbocycles. The lowest BCUT2D eigenvalue weighted by Crippen LogP contribution is -2.50. The van der Waals surface area contributed by atoms with E-state index in [2.05, 4.69) is 18.8 Å². The third kappa shape index (κ3) is 4.19. The van der Waals surface area contributed by atoms with E-state index in [0.29, 0.717) is 43.4 Å². The third-order valence-corrected chi connectivity index (χ3v) is 5.46. The number of nitrogens with one attached hydrogen (secondary N) is 1. The van der Waals surface area contributed by atoms with Gasteiger partial charge < -0.3 is 14.8 Å². The molecular weight excluding hydrogens is 362 g/mol. The average Bonchev–Trinajstić information content (AvgIpc) is 3.17. The van der Waals surface area contributed by atoms with Crippen molar-refractivity contribution in [1.29, 1.82) is 0 Å². The van der Waals surface area contributed by atoms with Crippen molar-refractivity contribution >= 4 is 22.7 Å². The van der Waals surface area contributed by atoms with Crippen LogP contribution >= 0.6 is 0 Å². The number of hydrogen-bond acceptors (Lipinski definition) is 2. The van der Waals surface area contributed by atoms with Crippen molar-refractivity contribution in [2.45, 2.75) is 20.3 Å². The summed E-state index contributed by atoms with van der Waals surface area (Å²) < 4.78 is 0. The Balaban J connectivity index is 1.37. The lowest BCUT2D eigenvalue weighted by Gasteiger charge is -2.34. The lowest BCUT2D eigenvalue weighted by atomic mass is 10.0. The van der Waals surface area contributed by atoms with Crippen LogP contribution in [0.3, 0.4) is 0 Å². The molecule has 0 saturated carbocycles. The van der Waals surface area contributed by atoms with Crippen LogP contribution in [-0.4, -0.2) is 52.8 Å². The summed E-state index contributed by atoms with van der Waals surface area (Å²) in [6.45, 7) is 6.58. The number of nitrogens with zero attached hydrogens (tertiary/aromatic N) is 2. The van der Waals surface area contributed by atoms with Gasteiger partial charge in [0.15, 0.2) is 0 Å². The van der Waals surface area contributed by atoms with Crippen molar-refractivity contribution in [2.75, 3.05) is 26.2 Å². The number of carbonyl (C=O) groups excluding carboxylic acids is 2. The van der Waals surface area contributed by atoms with Crippen LogP contribution in [0.4, 0.5) is 0 Å². The molecule has 150 valence electrons. The normalized spacial score (nSPS) is 14.6. The molecule has 1 N–H and O–H groups in total. The van der Waals surface area contributed by atoms with Crippen LogP contribution in [0.1, 0.15) is 40.3 Å². The maximum absolute atomic E-state index is 12.8. The highest BCUT2D eigenvalue weighted by molar-refractivity contribution is 5.98. The molecule has 0 unspecified atom stereocenters. The number of aromatic nitrogens is 1. The Morgan fingerprint density at radius 1 is 0.897 bits per heavy atom. The lowest BCUT2D eigenvalue weighted by molar-refractivity contribution is 0.0533. The van der Waals surface area contributed by atoms with Gasteiger partial charge in [0.2, 0.25) is 0 Å². The minimum Gasteiger partial charge on any atom is -0.351 e. The van der Waals surface area contributed by atoms with Gasteiger partial charge in [-0.05, 0) is 42.2 Å². The molecule has 1 aliphatic rings. The summed E-state index contributed by atoms with van der Waals surface area (Å²) in [5, 5.41) is 1.03. The van der Waals surface area contributed by atoms with E-state index in [-0.39, 0.29) is 11.8 Å². The molecule has 5 heteroatoms. The minimum atomic E-state index is -0.00802. The van der Waals surface area contributed by atoms with Crippen molar-refractivity contribution in [3.8, 4) is 0 Å². The fourth-order valence-electron chi connectivity index (χ4n) is 3.91. The summed E-state index contributed by atoms with van der Waals surface area (Å²) in [5.41, 5.74) is 3.54. The molecule has 4 rings (SSSR count). The van der Waals surface area contributed by atoms with E-state index in [1.807, 2.05) is 64.4 Å². The fraction of sp³-hybridized carbons (Fsp3) is 0.333. The molecule has 1 saturated heterocycles. The van der Waals surface area contributed by atoms with Crippen molar-refractivity contribution < 1.29 is 9.59 Å². The Morgan fingerprint density at radius 3 is 2.14 bits per heavy atom. The number of carbonyl (C=O) groups is 2. The van der Waals surface area contributed by atoms with Gasteiger partial charge in [0.25, 0.3) is 11.8 Å². The number of amides is 2. The number of piperazine rings is 1. The number of rotatable bonds is 4. The first kappa shape index (κ1) is 19.2. The van der Waals surface area contributed by atoms with Crippen LogP contribution in [0.25, 0.3) is 10.9 Å². The Bertz CT molecular complexity index is 979. The van der Waals surface area contributed by atoms with E-state index >= 15 is 0 Å². The molecule has 0 spiro atoms. The summed E-state index contributed by atoms with van der Waals surface area (Å²) in [6.07, 6.45) is 1.02. The summed E-state index contributed by atoms with van der Waals surface area (Å²) in [6, 6.07) is 17.7. The van der Waals surface area contributed by atoms with Gasteiger partial charge in [0, 0.05) is 42.6 Å². The van der Waals surface area contributed by atoms with Crippen LogP contribution in [0.2, 0.25) is 0 Å². The maximum atomic E-state index is 12.8. The van der Waals surface area contributed by atoms with E-state index in [1.165, 1.54) is 5.56 Å². The summed E-state index contributed by atoms with van der Waals surface area (Å²) in [5.74, 6) is 0.629. The van der Waals surface area contributed by atoms with Crippen LogP contribution < -0.4 is 0 Å². The quantitative estimate of drug-likeness (QED) is 0.734. The first-order valence-electron chi connectivity index (χ1n) is 10.3. The standard InChI is InChI=1S/C24H27N3O2/c1-17(2)15-18-7-9-19(10-8-18)23(28)26-11-13-27(14-12-26)24(29)22-16-20-5-3-4-6-21(20)25-22/h3-10,16-17,25H,11-15H2,1-2H3. The maximum Gasteiger partial charge on any atom is 0.270 e. The van der Waals surface area contributed by atoms with E-state index in [1.54, 1.807) is 0 Å². The molecule has 2 amide bonds. The summed E-state index contributed by atoms with van der Waals surface area (Å²) >= 11 is 0. The van der Waals surface area contributed by atoms with Gasteiger partial charge in [-0.25, -0.2) is 0 Å². The molecule has 1 fully saturated rings.